The van der Waals surface area contributed by atoms with Gasteiger partial charge in [-0.3, -0.25) is 0 Å². The van der Waals surface area contributed by atoms with E-state index in [1.165, 1.54) is 6.07 Å². The van der Waals surface area contributed by atoms with Crippen molar-refractivity contribution in [1.29, 1.82) is 0 Å². The van der Waals surface area contributed by atoms with Gasteiger partial charge in [-0.1, -0.05) is 32.4 Å². The molecule has 1 nitrogen and oxygen atoms in total. The summed E-state index contributed by atoms with van der Waals surface area (Å²) in [6.45, 7) is 8.57. The van der Waals surface area contributed by atoms with Crippen LogP contribution in [0, 0.1) is 30.0 Å². The summed E-state index contributed by atoms with van der Waals surface area (Å²) in [5.41, 5.74) is 1.55. The molecule has 0 heterocycles. The van der Waals surface area contributed by atoms with E-state index in [9.17, 15) is 9.50 Å². The van der Waals surface area contributed by atoms with Crippen molar-refractivity contribution in [2.24, 2.45) is 17.3 Å². The van der Waals surface area contributed by atoms with Gasteiger partial charge in [0.1, 0.15) is 5.82 Å². The molecule has 3 heteroatoms. The molecule has 1 fully saturated rings. The van der Waals surface area contributed by atoms with Crippen molar-refractivity contribution >= 4 is 11.6 Å². The standard InChI is InChI=1S/C18H26ClFO/c1-11-9-14(15(19)10-16(11)20)17(21)12-5-7-13(8-6-12)18(2,3)4/h9-10,12-13,17,21H,5-8H2,1-4H3. The largest absolute Gasteiger partial charge is 0.388 e. The van der Waals surface area contributed by atoms with Gasteiger partial charge in [-0.15, -0.1) is 0 Å². The van der Waals surface area contributed by atoms with Crippen molar-refractivity contribution in [1.82, 2.24) is 0 Å². The Bertz CT molecular complexity index is 499. The summed E-state index contributed by atoms with van der Waals surface area (Å²) in [6.07, 6.45) is 3.72. The number of aryl methyl sites for hydroxylation is 1. The number of rotatable bonds is 2. The lowest BCUT2D eigenvalue weighted by Gasteiger charge is -2.38. The minimum Gasteiger partial charge on any atom is -0.388 e. The van der Waals surface area contributed by atoms with Crippen molar-refractivity contribution in [3.63, 3.8) is 0 Å². The third-order valence-electron chi connectivity index (χ3n) is 5.04. The first-order chi connectivity index (χ1) is 9.70. The topological polar surface area (TPSA) is 20.2 Å². The molecule has 0 bridgehead atoms. The zero-order valence-corrected chi connectivity index (χ0v) is 14.2. The first kappa shape index (κ1) is 16.8. The molecule has 0 spiro atoms. The van der Waals surface area contributed by atoms with Crippen LogP contribution in [0.4, 0.5) is 4.39 Å². The summed E-state index contributed by atoms with van der Waals surface area (Å²) in [6, 6.07) is 3.01. The summed E-state index contributed by atoms with van der Waals surface area (Å²) in [4.78, 5) is 0. The van der Waals surface area contributed by atoms with Crippen molar-refractivity contribution in [2.45, 2.75) is 59.5 Å². The first-order valence-electron chi connectivity index (χ1n) is 7.83. The highest BCUT2D eigenvalue weighted by atomic mass is 35.5. The molecule has 1 aliphatic rings. The van der Waals surface area contributed by atoms with Crippen LogP contribution in [0.3, 0.4) is 0 Å². The predicted molar refractivity (Wildman–Crippen MR) is 86.0 cm³/mol. The van der Waals surface area contributed by atoms with Crippen molar-refractivity contribution < 1.29 is 9.50 Å². The Kier molecular flexibility index (Phi) is 4.99. The lowest BCUT2D eigenvalue weighted by Crippen LogP contribution is -2.28. The molecule has 1 saturated carbocycles. The second kappa shape index (κ2) is 6.26. The minimum atomic E-state index is -0.585. The molecule has 118 valence electrons. The maximum absolute atomic E-state index is 13.5. The van der Waals surface area contributed by atoms with Crippen LogP contribution >= 0.6 is 11.6 Å². The normalized spacial score (nSPS) is 24.9. The molecule has 2 rings (SSSR count). The number of aliphatic hydroxyl groups is 1. The predicted octanol–water partition coefficient (Wildman–Crippen LogP) is 5.67. The molecule has 1 aliphatic carbocycles. The van der Waals surface area contributed by atoms with Crippen LogP contribution in [-0.4, -0.2) is 5.11 Å². The number of benzene rings is 1. The summed E-state index contributed by atoms with van der Waals surface area (Å²) in [7, 11) is 0. The van der Waals surface area contributed by atoms with Gasteiger partial charge in [-0.2, -0.15) is 0 Å². The molecule has 1 aromatic rings. The Morgan fingerprint density at radius 3 is 2.29 bits per heavy atom. The Hall–Kier alpha value is -0.600. The van der Waals surface area contributed by atoms with Crippen LogP contribution in [0.15, 0.2) is 12.1 Å². The quantitative estimate of drug-likeness (QED) is 0.745. The summed E-state index contributed by atoms with van der Waals surface area (Å²) in [5.74, 6) is 0.629. The zero-order chi connectivity index (χ0) is 15.8. The Morgan fingerprint density at radius 2 is 1.76 bits per heavy atom. The fraction of sp³-hybridized carbons (Fsp3) is 0.667. The molecule has 1 N–H and O–H groups in total. The fourth-order valence-electron chi connectivity index (χ4n) is 3.46. The molecule has 1 unspecified atom stereocenters. The number of aliphatic hydroxyl groups excluding tert-OH is 1. The first-order valence-corrected chi connectivity index (χ1v) is 8.21. The summed E-state index contributed by atoms with van der Waals surface area (Å²) in [5, 5.41) is 11.0. The second-order valence-electron chi connectivity index (χ2n) is 7.55. The van der Waals surface area contributed by atoms with Crippen LogP contribution in [0.5, 0.6) is 0 Å². The fourth-order valence-corrected chi connectivity index (χ4v) is 3.72. The van der Waals surface area contributed by atoms with E-state index in [-0.39, 0.29) is 11.7 Å². The van der Waals surface area contributed by atoms with Crippen molar-refractivity contribution in [2.75, 3.05) is 0 Å². The summed E-state index contributed by atoms with van der Waals surface area (Å²) >= 11 is 6.12. The SMILES string of the molecule is Cc1cc(C(O)C2CCC(C(C)(C)C)CC2)c(Cl)cc1F. The molecule has 1 atom stereocenters. The van der Waals surface area contributed by atoms with E-state index in [0.717, 1.165) is 25.7 Å². The van der Waals surface area contributed by atoms with Crippen LogP contribution < -0.4 is 0 Å². The Morgan fingerprint density at radius 1 is 1.19 bits per heavy atom. The lowest BCUT2D eigenvalue weighted by atomic mass is 9.68. The van der Waals surface area contributed by atoms with Gasteiger partial charge in [-0.25, -0.2) is 4.39 Å². The molecule has 0 aromatic heterocycles. The number of halogens is 2. The monoisotopic (exact) mass is 312 g/mol. The van der Waals surface area contributed by atoms with Gasteiger partial charge < -0.3 is 5.11 Å². The van der Waals surface area contributed by atoms with E-state index in [2.05, 4.69) is 20.8 Å². The van der Waals surface area contributed by atoms with E-state index < -0.39 is 6.10 Å². The van der Waals surface area contributed by atoms with Crippen molar-refractivity contribution in [3.05, 3.63) is 34.1 Å². The van der Waals surface area contributed by atoms with E-state index in [1.807, 2.05) is 0 Å². The molecular formula is C18H26ClFO. The van der Waals surface area contributed by atoms with Crippen LogP contribution in [0.25, 0.3) is 0 Å². The lowest BCUT2D eigenvalue weighted by molar-refractivity contribution is 0.0528. The van der Waals surface area contributed by atoms with Gasteiger partial charge in [-0.05, 0) is 73.1 Å². The van der Waals surface area contributed by atoms with Gasteiger partial charge in [0, 0.05) is 5.02 Å². The second-order valence-corrected chi connectivity index (χ2v) is 7.95. The molecular weight excluding hydrogens is 287 g/mol. The average molecular weight is 313 g/mol. The van der Waals surface area contributed by atoms with E-state index in [0.29, 0.717) is 27.5 Å². The van der Waals surface area contributed by atoms with E-state index in [4.69, 9.17) is 11.6 Å². The van der Waals surface area contributed by atoms with Crippen molar-refractivity contribution in [3.8, 4) is 0 Å². The van der Waals surface area contributed by atoms with Gasteiger partial charge in [0.15, 0.2) is 0 Å². The maximum atomic E-state index is 13.5. The third kappa shape index (κ3) is 3.78. The molecule has 0 saturated heterocycles. The molecule has 1 aromatic carbocycles. The van der Waals surface area contributed by atoms with Crippen LogP contribution in [0.2, 0.25) is 5.02 Å². The summed E-state index contributed by atoms with van der Waals surface area (Å²) < 4.78 is 13.5. The van der Waals surface area contributed by atoms with Crippen LogP contribution in [-0.2, 0) is 0 Å². The third-order valence-corrected chi connectivity index (χ3v) is 5.37. The number of hydrogen-bond donors (Lipinski definition) is 1. The maximum Gasteiger partial charge on any atom is 0.127 e. The van der Waals surface area contributed by atoms with Gasteiger partial charge in [0.05, 0.1) is 6.10 Å². The highest BCUT2D eigenvalue weighted by Crippen LogP contribution is 2.44. The molecule has 0 amide bonds. The van der Waals surface area contributed by atoms with E-state index in [1.54, 1.807) is 13.0 Å². The number of hydrogen-bond acceptors (Lipinski definition) is 1. The molecule has 0 aliphatic heterocycles. The Balaban J connectivity index is 2.09. The van der Waals surface area contributed by atoms with E-state index >= 15 is 0 Å². The zero-order valence-electron chi connectivity index (χ0n) is 13.4. The van der Waals surface area contributed by atoms with Crippen LogP contribution in [0.1, 0.15) is 63.7 Å². The van der Waals surface area contributed by atoms with Gasteiger partial charge >= 0.3 is 0 Å². The van der Waals surface area contributed by atoms with Gasteiger partial charge in [0.25, 0.3) is 0 Å². The highest BCUT2D eigenvalue weighted by molar-refractivity contribution is 6.31. The molecule has 0 radical (unpaired) electrons. The molecule has 21 heavy (non-hydrogen) atoms. The minimum absolute atomic E-state index is 0.228. The van der Waals surface area contributed by atoms with Gasteiger partial charge in [0.2, 0.25) is 0 Å². The smallest absolute Gasteiger partial charge is 0.127 e. The average Bonchev–Trinajstić information content (AvgIpc) is 2.41. The highest BCUT2D eigenvalue weighted by Gasteiger charge is 2.33. The Labute approximate surface area is 132 Å².